The average molecular weight is 773 g/mol. The van der Waals surface area contributed by atoms with E-state index in [0.29, 0.717) is 0 Å². The van der Waals surface area contributed by atoms with Gasteiger partial charge in [0.2, 0.25) is 17.5 Å². The summed E-state index contributed by atoms with van der Waals surface area (Å²) in [5.41, 5.74) is -1.60. The van der Waals surface area contributed by atoms with Crippen LogP contribution in [0.2, 0.25) is 0 Å². The van der Waals surface area contributed by atoms with Gasteiger partial charge >= 0.3 is 0 Å². The van der Waals surface area contributed by atoms with Crippen molar-refractivity contribution in [1.82, 2.24) is 0 Å². The normalized spacial score (nSPS) is 37.3. The molecule has 2 aromatic carbocycles. The van der Waals surface area contributed by atoms with Crippen molar-refractivity contribution < 1.29 is 99.2 Å². The lowest BCUT2D eigenvalue weighted by Crippen LogP contribution is -2.65. The number of phenols is 4. The molecule has 3 aromatic rings. The Bertz CT molecular complexity index is 1850. The highest BCUT2D eigenvalue weighted by Gasteiger charge is 2.52. The number of fused-ring (bicyclic) bond motifs is 1. The molecule has 3 aliphatic heterocycles. The van der Waals surface area contributed by atoms with E-state index in [1.165, 1.54) is 13.0 Å². The molecule has 3 saturated heterocycles. The van der Waals surface area contributed by atoms with Crippen molar-refractivity contribution >= 4 is 11.0 Å². The van der Waals surface area contributed by atoms with Gasteiger partial charge in [-0.2, -0.15) is 0 Å². The lowest BCUT2D eigenvalue weighted by molar-refractivity contribution is -0.360. The smallest absolute Gasteiger partial charge is 0.239 e. The maximum absolute atomic E-state index is 14.1. The second-order valence-electron chi connectivity index (χ2n) is 13.1. The maximum atomic E-state index is 14.1. The number of hydrogen-bond acceptors (Lipinski definition) is 21. The number of ether oxygens (including phenoxy) is 6. The van der Waals surface area contributed by atoms with Crippen molar-refractivity contribution in [2.45, 2.75) is 99.0 Å². The third-order valence-corrected chi connectivity index (χ3v) is 9.41. The van der Waals surface area contributed by atoms with Crippen LogP contribution in [0.4, 0.5) is 0 Å². The highest BCUT2D eigenvalue weighted by Crippen LogP contribution is 2.40. The first kappa shape index (κ1) is 39.8. The predicted octanol–water partition coefficient (Wildman–Crippen LogP) is -3.86. The van der Waals surface area contributed by atoms with Crippen LogP contribution in [-0.4, -0.2) is 172 Å². The second-order valence-corrected chi connectivity index (χ2v) is 13.1. The van der Waals surface area contributed by atoms with Gasteiger partial charge in [0.25, 0.3) is 0 Å². The first-order chi connectivity index (χ1) is 25.5. The minimum absolute atomic E-state index is 0.115. The molecule has 0 radical (unpaired) electrons. The largest absolute Gasteiger partial charge is 0.508 e. The molecule has 0 saturated carbocycles. The highest BCUT2D eigenvalue weighted by molar-refractivity contribution is 5.88. The van der Waals surface area contributed by atoms with Gasteiger partial charge in [-0.05, 0) is 25.1 Å². The van der Waals surface area contributed by atoms with Crippen molar-refractivity contribution in [1.29, 1.82) is 0 Å². The van der Waals surface area contributed by atoms with Crippen LogP contribution in [0.5, 0.6) is 28.7 Å². The van der Waals surface area contributed by atoms with Crippen LogP contribution >= 0.6 is 0 Å². The number of aliphatic hydroxyl groups is 9. The molecule has 13 N–H and O–H groups in total. The molecule has 6 rings (SSSR count). The Morgan fingerprint density at radius 1 is 0.667 bits per heavy atom. The van der Waals surface area contributed by atoms with Gasteiger partial charge in [-0.3, -0.25) is 4.79 Å². The van der Waals surface area contributed by atoms with Crippen molar-refractivity contribution in [3.63, 3.8) is 0 Å². The average Bonchev–Trinajstić information content (AvgIpc) is 3.13. The summed E-state index contributed by atoms with van der Waals surface area (Å²) in [7, 11) is 0. The van der Waals surface area contributed by atoms with Crippen molar-refractivity contribution in [3.05, 3.63) is 40.6 Å². The third-order valence-electron chi connectivity index (χ3n) is 9.41. The zero-order chi connectivity index (χ0) is 39.3. The fourth-order valence-electron chi connectivity index (χ4n) is 6.30. The summed E-state index contributed by atoms with van der Waals surface area (Å²) in [6.07, 6.45) is -26.5. The van der Waals surface area contributed by atoms with E-state index < -0.39 is 151 Å². The molecular formula is C33H40O21. The standard InChI is InChI=1S/C33H40O21/c1-9-19(39)23(43)27(47)32(49-9)54-30-25(45)21(41)17(8-48-31-26(46)24(44)20(40)16(7-34)51-31)52-33(30)53-29-22(42)18-14(38)5-11(35)6-15(18)50-28(29)10-2-3-12(36)13(37)4-10/h2-6,9,16-17,19-21,23-27,30-41,43-47H,7-8H2,1H3/t9-,16-,17-,19+,20-,21-,23-,24+,25+,26+,27+,30-,31-,32+,33+/m1/s1. The van der Waals surface area contributed by atoms with Crippen LogP contribution in [0, 0.1) is 0 Å². The van der Waals surface area contributed by atoms with Crippen LogP contribution in [0.25, 0.3) is 22.3 Å². The Kier molecular flexibility index (Phi) is 11.5. The van der Waals surface area contributed by atoms with Gasteiger partial charge in [0.05, 0.1) is 19.3 Å². The fraction of sp³-hybridized carbons (Fsp3) is 0.545. The number of aromatic hydroxyl groups is 4. The van der Waals surface area contributed by atoms with Crippen molar-refractivity contribution in [3.8, 4) is 40.1 Å². The Labute approximate surface area is 303 Å². The molecule has 3 aliphatic rings. The lowest BCUT2D eigenvalue weighted by Gasteiger charge is -2.46. The Morgan fingerprint density at radius 3 is 2.00 bits per heavy atom. The molecule has 21 heteroatoms. The third kappa shape index (κ3) is 7.39. The predicted molar refractivity (Wildman–Crippen MR) is 173 cm³/mol. The molecule has 15 atom stereocenters. The summed E-state index contributed by atoms with van der Waals surface area (Å²) in [6.45, 7) is -0.225. The van der Waals surface area contributed by atoms with Gasteiger partial charge in [-0.15, -0.1) is 0 Å². The van der Waals surface area contributed by atoms with Crippen molar-refractivity contribution in [2.24, 2.45) is 0 Å². The zero-order valence-electron chi connectivity index (χ0n) is 28.0. The minimum atomic E-state index is -2.08. The molecule has 1 aromatic heterocycles. The topological polar surface area (TPSA) is 349 Å². The van der Waals surface area contributed by atoms with E-state index in [2.05, 4.69) is 0 Å². The highest BCUT2D eigenvalue weighted by atomic mass is 16.8. The van der Waals surface area contributed by atoms with E-state index in [0.717, 1.165) is 24.3 Å². The molecule has 0 bridgehead atoms. The molecule has 0 unspecified atom stereocenters. The summed E-state index contributed by atoms with van der Waals surface area (Å²) >= 11 is 0. The van der Waals surface area contributed by atoms with Crippen LogP contribution in [0.15, 0.2) is 39.5 Å². The summed E-state index contributed by atoms with van der Waals surface area (Å²) in [6, 6.07) is 5.02. The van der Waals surface area contributed by atoms with Crippen LogP contribution in [0.3, 0.4) is 0 Å². The van der Waals surface area contributed by atoms with Gasteiger partial charge in [0.15, 0.2) is 35.9 Å². The van der Waals surface area contributed by atoms with E-state index in [9.17, 15) is 71.2 Å². The zero-order valence-corrected chi connectivity index (χ0v) is 28.0. The Morgan fingerprint density at radius 2 is 1.31 bits per heavy atom. The van der Waals surface area contributed by atoms with Gasteiger partial charge in [0, 0.05) is 17.7 Å². The molecule has 0 aliphatic carbocycles. The number of hydrogen-bond donors (Lipinski definition) is 13. The summed E-state index contributed by atoms with van der Waals surface area (Å²) in [4.78, 5) is 14.1. The Balaban J connectivity index is 1.40. The first-order valence-corrected chi connectivity index (χ1v) is 16.5. The van der Waals surface area contributed by atoms with E-state index in [4.69, 9.17) is 32.8 Å². The van der Waals surface area contributed by atoms with Crippen LogP contribution in [-0.2, 0) is 23.7 Å². The Hall–Kier alpha value is -3.91. The number of rotatable bonds is 9. The van der Waals surface area contributed by atoms with E-state index in [1.54, 1.807) is 0 Å². The summed E-state index contributed by atoms with van der Waals surface area (Å²) in [5, 5.41) is 134. The molecule has 0 spiro atoms. The summed E-state index contributed by atoms with van der Waals surface area (Å²) < 4.78 is 39.8. The first-order valence-electron chi connectivity index (χ1n) is 16.5. The number of benzene rings is 2. The second kappa shape index (κ2) is 15.7. The molecule has 21 nitrogen and oxygen atoms in total. The lowest BCUT2D eigenvalue weighted by atomic mass is 9.97. The van der Waals surface area contributed by atoms with Crippen LogP contribution < -0.4 is 10.2 Å². The molecule has 0 amide bonds. The van der Waals surface area contributed by atoms with Gasteiger partial charge in [-0.25, -0.2) is 0 Å². The molecule has 3 fully saturated rings. The molecule has 298 valence electrons. The van der Waals surface area contributed by atoms with Gasteiger partial charge in [-0.1, -0.05) is 0 Å². The molecule has 4 heterocycles. The maximum Gasteiger partial charge on any atom is 0.239 e. The van der Waals surface area contributed by atoms with E-state index in [1.807, 2.05) is 0 Å². The van der Waals surface area contributed by atoms with Crippen LogP contribution in [0.1, 0.15) is 6.92 Å². The number of aliphatic hydroxyl groups excluding tert-OH is 9. The van der Waals surface area contributed by atoms with Crippen molar-refractivity contribution in [2.75, 3.05) is 13.2 Å². The van der Waals surface area contributed by atoms with Gasteiger partial charge in [0.1, 0.15) is 83.5 Å². The molecular weight excluding hydrogens is 732 g/mol. The minimum Gasteiger partial charge on any atom is -0.508 e. The van der Waals surface area contributed by atoms with Gasteiger partial charge < -0.3 is 99.2 Å². The quantitative estimate of drug-likeness (QED) is 0.0925. The SMILES string of the molecule is C[C@H]1O[C@@H](O[C@H]2[C@H](Oc3c(-c4ccc(O)c(O)c4)oc4cc(O)cc(O)c4c3=O)O[C@H](CO[C@@H]3O[C@H](CO)[C@@H](O)[C@H](O)[C@@H]3O)[C@@H](O)[C@@H]2O)[C@@H](O)[C@H](O)[C@H]1O. The number of phenolic OH excluding ortho intramolecular Hbond substituents is 4. The van der Waals surface area contributed by atoms with E-state index in [-0.39, 0.29) is 11.1 Å². The molecule has 54 heavy (non-hydrogen) atoms. The van der Waals surface area contributed by atoms with E-state index >= 15 is 0 Å². The fourth-order valence-corrected chi connectivity index (χ4v) is 6.30. The monoisotopic (exact) mass is 772 g/mol. The summed E-state index contributed by atoms with van der Waals surface area (Å²) in [5.74, 6) is -3.79.